The topological polar surface area (TPSA) is 62.1 Å². The Bertz CT molecular complexity index is 802. The molecule has 0 spiro atoms. The molecule has 1 aliphatic heterocycles. The Morgan fingerprint density at radius 1 is 1.29 bits per heavy atom. The molecule has 24 heavy (non-hydrogen) atoms. The number of carbonyl (C=O) groups is 1. The van der Waals surface area contributed by atoms with E-state index in [4.69, 9.17) is 4.74 Å². The number of halogens is 1. The molecule has 1 unspecified atom stereocenters. The third-order valence-electron chi connectivity index (χ3n) is 4.00. The Kier molecular flexibility index (Phi) is 4.57. The van der Waals surface area contributed by atoms with Gasteiger partial charge in [-0.3, -0.25) is 4.79 Å². The summed E-state index contributed by atoms with van der Waals surface area (Å²) in [6.07, 6.45) is 0.538. The smallest absolute Gasteiger partial charge is 0.240 e. The minimum Gasteiger partial charge on any atom is -0.507 e. The molecule has 5 nitrogen and oxygen atoms in total. The van der Waals surface area contributed by atoms with Crippen molar-refractivity contribution in [3.8, 4) is 11.5 Å². The molecule has 3 rings (SSSR count). The van der Waals surface area contributed by atoms with Crippen molar-refractivity contribution in [2.24, 2.45) is 5.10 Å². The lowest BCUT2D eigenvalue weighted by molar-refractivity contribution is -0.130. The lowest BCUT2D eigenvalue weighted by Crippen LogP contribution is -2.24. The number of methoxy groups -OCH3 is 1. The molecule has 6 heteroatoms. The largest absolute Gasteiger partial charge is 0.507 e. The first-order valence-electron chi connectivity index (χ1n) is 7.49. The van der Waals surface area contributed by atoms with Crippen molar-refractivity contribution in [1.29, 1.82) is 0 Å². The number of phenols is 1. The van der Waals surface area contributed by atoms with Gasteiger partial charge in [-0.05, 0) is 35.9 Å². The van der Waals surface area contributed by atoms with Crippen molar-refractivity contribution in [2.45, 2.75) is 19.4 Å². The second kappa shape index (κ2) is 6.65. The fraction of sp³-hybridized carbons (Fsp3) is 0.222. The quantitative estimate of drug-likeness (QED) is 0.867. The summed E-state index contributed by atoms with van der Waals surface area (Å²) >= 11 is 3.40. The van der Waals surface area contributed by atoms with Crippen LogP contribution in [0, 0.1) is 0 Å². The minimum atomic E-state index is -0.193. The molecule has 0 aromatic heterocycles. The first-order valence-corrected chi connectivity index (χ1v) is 8.29. The zero-order valence-corrected chi connectivity index (χ0v) is 14.9. The van der Waals surface area contributed by atoms with E-state index < -0.39 is 0 Å². The van der Waals surface area contributed by atoms with E-state index in [0.29, 0.717) is 17.7 Å². The highest BCUT2D eigenvalue weighted by molar-refractivity contribution is 9.10. The second-order valence-corrected chi connectivity index (χ2v) is 6.48. The molecule has 0 radical (unpaired) electrons. The van der Waals surface area contributed by atoms with Crippen molar-refractivity contribution in [3.05, 3.63) is 58.1 Å². The molecular weight excluding hydrogens is 372 g/mol. The van der Waals surface area contributed by atoms with E-state index in [2.05, 4.69) is 21.0 Å². The van der Waals surface area contributed by atoms with Crippen LogP contribution in [0.5, 0.6) is 11.5 Å². The molecule has 1 N–H and O–H groups in total. The maximum Gasteiger partial charge on any atom is 0.240 e. The van der Waals surface area contributed by atoms with Gasteiger partial charge in [0, 0.05) is 23.4 Å². The van der Waals surface area contributed by atoms with Crippen LogP contribution >= 0.6 is 15.9 Å². The molecule has 2 aromatic rings. The summed E-state index contributed by atoms with van der Waals surface area (Å²) in [5, 5.41) is 16.0. The molecule has 1 aliphatic rings. The highest BCUT2D eigenvalue weighted by Gasteiger charge is 2.32. The van der Waals surface area contributed by atoms with E-state index in [1.807, 2.05) is 30.3 Å². The minimum absolute atomic E-state index is 0.139. The number of amides is 1. The SMILES string of the molecule is COc1ccc(C2CC(c3cc(Br)ccc3O)=NN2C(C)=O)cc1. The standard InChI is InChI=1S/C18H17BrN2O3/c1-11(22)21-17(12-3-6-14(24-2)7-4-12)10-16(20-21)15-9-13(19)5-8-18(15)23/h3-9,17,23H,10H2,1-2H3. The monoisotopic (exact) mass is 388 g/mol. The zero-order valence-electron chi connectivity index (χ0n) is 13.4. The Morgan fingerprint density at radius 3 is 2.62 bits per heavy atom. The number of nitrogens with zero attached hydrogens (tertiary/aromatic N) is 2. The molecular formula is C18H17BrN2O3. The van der Waals surface area contributed by atoms with E-state index in [0.717, 1.165) is 15.8 Å². The average molecular weight is 389 g/mol. The molecule has 2 aromatic carbocycles. The number of hydrogen-bond donors (Lipinski definition) is 1. The molecule has 124 valence electrons. The van der Waals surface area contributed by atoms with Crippen LogP contribution in [0.2, 0.25) is 0 Å². The van der Waals surface area contributed by atoms with Gasteiger partial charge in [0.15, 0.2) is 0 Å². The fourth-order valence-corrected chi connectivity index (χ4v) is 3.15. The first kappa shape index (κ1) is 16.5. The predicted octanol–water partition coefficient (Wildman–Crippen LogP) is 3.86. The highest BCUT2D eigenvalue weighted by Crippen LogP contribution is 2.36. The molecule has 0 saturated carbocycles. The van der Waals surface area contributed by atoms with Crippen molar-refractivity contribution in [2.75, 3.05) is 7.11 Å². The summed E-state index contributed by atoms with van der Waals surface area (Å²) < 4.78 is 6.03. The first-order chi connectivity index (χ1) is 11.5. The summed E-state index contributed by atoms with van der Waals surface area (Å²) in [6, 6.07) is 12.6. The number of hydrazone groups is 1. The molecule has 1 atom stereocenters. The van der Waals surface area contributed by atoms with Crippen molar-refractivity contribution in [1.82, 2.24) is 5.01 Å². The lowest BCUT2D eigenvalue weighted by Gasteiger charge is -2.20. The number of benzene rings is 2. The van der Waals surface area contributed by atoms with E-state index in [1.54, 1.807) is 19.2 Å². The van der Waals surface area contributed by atoms with Gasteiger partial charge in [-0.1, -0.05) is 28.1 Å². The Labute approximate surface area is 148 Å². The molecule has 0 aliphatic carbocycles. The van der Waals surface area contributed by atoms with E-state index in [1.165, 1.54) is 11.9 Å². The number of aromatic hydroxyl groups is 1. The Balaban J connectivity index is 1.96. The third-order valence-corrected chi connectivity index (χ3v) is 4.50. The van der Waals surface area contributed by atoms with E-state index >= 15 is 0 Å². The van der Waals surface area contributed by atoms with Crippen LogP contribution in [0.25, 0.3) is 0 Å². The molecule has 0 saturated heterocycles. The van der Waals surface area contributed by atoms with Gasteiger partial charge in [-0.25, -0.2) is 5.01 Å². The summed E-state index contributed by atoms with van der Waals surface area (Å²) in [6.45, 7) is 1.49. The summed E-state index contributed by atoms with van der Waals surface area (Å²) in [5.41, 5.74) is 2.29. The fourth-order valence-electron chi connectivity index (χ4n) is 2.79. The number of phenolic OH excluding ortho intramolecular Hbond substituents is 1. The van der Waals surface area contributed by atoms with Gasteiger partial charge in [0.05, 0.1) is 18.9 Å². The van der Waals surface area contributed by atoms with Gasteiger partial charge < -0.3 is 9.84 Å². The van der Waals surface area contributed by atoms with Crippen LogP contribution < -0.4 is 4.74 Å². The maximum atomic E-state index is 12.0. The van der Waals surface area contributed by atoms with Crippen molar-refractivity contribution >= 4 is 27.5 Å². The average Bonchev–Trinajstić information content (AvgIpc) is 3.02. The van der Waals surface area contributed by atoms with Crippen molar-refractivity contribution in [3.63, 3.8) is 0 Å². The van der Waals surface area contributed by atoms with E-state index in [9.17, 15) is 9.90 Å². The highest BCUT2D eigenvalue weighted by atomic mass is 79.9. The van der Waals surface area contributed by atoms with Crippen LogP contribution in [0.4, 0.5) is 0 Å². The molecule has 0 bridgehead atoms. The molecule has 0 fully saturated rings. The van der Waals surface area contributed by atoms with Crippen LogP contribution in [0.15, 0.2) is 52.0 Å². The second-order valence-electron chi connectivity index (χ2n) is 5.56. The van der Waals surface area contributed by atoms with Gasteiger partial charge in [-0.2, -0.15) is 5.10 Å². The van der Waals surface area contributed by atoms with Gasteiger partial charge in [-0.15, -0.1) is 0 Å². The number of rotatable bonds is 3. The Hall–Kier alpha value is -2.34. The third kappa shape index (κ3) is 3.14. The molecule has 1 amide bonds. The lowest BCUT2D eigenvalue weighted by atomic mass is 9.98. The summed E-state index contributed by atoms with van der Waals surface area (Å²) in [4.78, 5) is 12.0. The number of carbonyl (C=O) groups excluding carboxylic acids is 1. The van der Waals surface area contributed by atoms with Gasteiger partial charge in [0.25, 0.3) is 0 Å². The van der Waals surface area contributed by atoms with Gasteiger partial charge in [0.1, 0.15) is 11.5 Å². The van der Waals surface area contributed by atoms with Gasteiger partial charge in [0.2, 0.25) is 5.91 Å². The van der Waals surface area contributed by atoms with Crippen molar-refractivity contribution < 1.29 is 14.6 Å². The number of ether oxygens (including phenoxy) is 1. The predicted molar refractivity (Wildman–Crippen MR) is 95.2 cm³/mol. The number of hydrogen-bond acceptors (Lipinski definition) is 4. The maximum absolute atomic E-state index is 12.0. The van der Waals surface area contributed by atoms with E-state index in [-0.39, 0.29) is 17.7 Å². The zero-order chi connectivity index (χ0) is 17.3. The van der Waals surface area contributed by atoms with Crippen LogP contribution in [-0.2, 0) is 4.79 Å². The van der Waals surface area contributed by atoms with Crippen LogP contribution in [0.3, 0.4) is 0 Å². The summed E-state index contributed by atoms with van der Waals surface area (Å²) in [7, 11) is 1.61. The normalized spacial score (nSPS) is 16.9. The summed E-state index contributed by atoms with van der Waals surface area (Å²) in [5.74, 6) is 0.771. The molecule has 1 heterocycles. The van der Waals surface area contributed by atoms with Gasteiger partial charge >= 0.3 is 0 Å². The van der Waals surface area contributed by atoms with Crippen LogP contribution in [0.1, 0.15) is 30.5 Å². The Morgan fingerprint density at radius 2 is 2.00 bits per heavy atom. The van der Waals surface area contributed by atoms with Crippen LogP contribution in [-0.4, -0.2) is 28.8 Å².